The maximum absolute atomic E-state index is 5.82. The molecule has 1 heterocycles. The van der Waals surface area contributed by atoms with E-state index in [1.54, 1.807) is 4.68 Å². The van der Waals surface area contributed by atoms with Crippen LogP contribution in [0.5, 0.6) is 0 Å². The lowest BCUT2D eigenvalue weighted by Crippen LogP contribution is -2.32. The molecule has 7 heteroatoms. The number of nitrogens with two attached hydrogens (primary N) is 2. The molecule has 0 amide bonds. The summed E-state index contributed by atoms with van der Waals surface area (Å²) in [6.45, 7) is 8.48. The molecule has 0 aliphatic heterocycles. The van der Waals surface area contributed by atoms with E-state index in [1.807, 2.05) is 20.8 Å². The first-order valence-electron chi connectivity index (χ1n) is 7.39. The van der Waals surface area contributed by atoms with Gasteiger partial charge in [-0.2, -0.15) is 5.10 Å². The third-order valence-corrected chi connectivity index (χ3v) is 3.24. The Balaban J connectivity index is 2.95. The van der Waals surface area contributed by atoms with Gasteiger partial charge < -0.3 is 21.7 Å². The summed E-state index contributed by atoms with van der Waals surface area (Å²) in [7, 11) is 4.12. The molecule has 0 aliphatic carbocycles. The fourth-order valence-electron chi connectivity index (χ4n) is 2.27. The lowest BCUT2D eigenvalue weighted by Gasteiger charge is -2.12. The molecule has 120 valence electrons. The van der Waals surface area contributed by atoms with E-state index in [2.05, 4.69) is 34.4 Å². The van der Waals surface area contributed by atoms with Crippen LogP contribution < -0.4 is 16.8 Å². The molecule has 0 unspecified atom stereocenters. The smallest absolute Gasteiger partial charge is 0.219 e. The van der Waals surface area contributed by atoms with Gasteiger partial charge in [-0.3, -0.25) is 4.99 Å². The second-order valence-electron chi connectivity index (χ2n) is 5.41. The van der Waals surface area contributed by atoms with Crippen molar-refractivity contribution in [1.29, 1.82) is 0 Å². The van der Waals surface area contributed by atoms with Gasteiger partial charge in [0, 0.05) is 18.7 Å². The van der Waals surface area contributed by atoms with Crippen molar-refractivity contribution in [2.75, 3.05) is 33.7 Å². The zero-order chi connectivity index (χ0) is 16.0. The fourth-order valence-corrected chi connectivity index (χ4v) is 2.27. The van der Waals surface area contributed by atoms with Crippen molar-refractivity contribution in [2.24, 2.45) is 16.5 Å². The van der Waals surface area contributed by atoms with Crippen molar-refractivity contribution >= 4 is 5.96 Å². The van der Waals surface area contributed by atoms with Crippen LogP contribution >= 0.6 is 0 Å². The topological polar surface area (TPSA) is 97.5 Å². The van der Waals surface area contributed by atoms with Crippen molar-refractivity contribution in [3.8, 4) is 0 Å². The van der Waals surface area contributed by atoms with E-state index in [-0.39, 0.29) is 0 Å². The minimum atomic E-state index is -0.518. The molecule has 1 aromatic heterocycles. The van der Waals surface area contributed by atoms with Crippen LogP contribution in [0, 0.1) is 13.8 Å². The van der Waals surface area contributed by atoms with E-state index < -0.39 is 6.17 Å². The molecular weight excluding hydrogens is 266 g/mol. The van der Waals surface area contributed by atoms with Gasteiger partial charge in [-0.05, 0) is 47.8 Å². The van der Waals surface area contributed by atoms with Gasteiger partial charge in [0.15, 0.2) is 0 Å². The quantitative estimate of drug-likeness (QED) is 0.301. The van der Waals surface area contributed by atoms with Crippen molar-refractivity contribution in [3.63, 3.8) is 0 Å². The van der Waals surface area contributed by atoms with Crippen LogP contribution in [0.3, 0.4) is 0 Å². The van der Waals surface area contributed by atoms with Crippen LogP contribution in [0.25, 0.3) is 0 Å². The van der Waals surface area contributed by atoms with Crippen LogP contribution in [0.1, 0.15) is 36.5 Å². The maximum atomic E-state index is 5.82. The van der Waals surface area contributed by atoms with Gasteiger partial charge in [0.1, 0.15) is 0 Å². The minimum Gasteiger partial charge on any atom is -0.355 e. The summed E-state index contributed by atoms with van der Waals surface area (Å²) in [6.07, 6.45) is 0.486. The molecule has 0 aromatic carbocycles. The zero-order valence-electron chi connectivity index (χ0n) is 13.8. The summed E-state index contributed by atoms with van der Waals surface area (Å²) in [5.74, 6) is 0.753. The van der Waals surface area contributed by atoms with Crippen LogP contribution in [-0.4, -0.2) is 54.4 Å². The summed E-state index contributed by atoms with van der Waals surface area (Å²) in [5.41, 5.74) is 14.3. The molecule has 0 spiro atoms. The summed E-state index contributed by atoms with van der Waals surface area (Å²) < 4.78 is 1.80. The first kappa shape index (κ1) is 17.6. The van der Waals surface area contributed by atoms with Gasteiger partial charge in [0.2, 0.25) is 5.96 Å². The maximum Gasteiger partial charge on any atom is 0.219 e. The fraction of sp³-hybridized carbons (Fsp3) is 0.714. The minimum absolute atomic E-state index is 0.518. The highest BCUT2D eigenvalue weighted by Gasteiger charge is 2.17. The first-order chi connectivity index (χ1) is 9.88. The summed E-state index contributed by atoms with van der Waals surface area (Å²) in [5, 5.41) is 7.78. The van der Waals surface area contributed by atoms with E-state index in [0.717, 1.165) is 49.0 Å². The number of rotatable bonds is 6. The van der Waals surface area contributed by atoms with Crippen LogP contribution in [0.15, 0.2) is 4.99 Å². The number of aliphatic imine (C=N–C) groups is 1. The van der Waals surface area contributed by atoms with Crippen LogP contribution in [0.2, 0.25) is 0 Å². The van der Waals surface area contributed by atoms with Crippen molar-refractivity contribution in [2.45, 2.75) is 33.4 Å². The molecule has 0 radical (unpaired) electrons. The van der Waals surface area contributed by atoms with E-state index in [9.17, 15) is 0 Å². The average molecular weight is 295 g/mol. The second-order valence-corrected chi connectivity index (χ2v) is 5.41. The Labute approximate surface area is 127 Å². The van der Waals surface area contributed by atoms with Gasteiger partial charge in [-0.25, -0.2) is 4.68 Å². The third-order valence-electron chi connectivity index (χ3n) is 3.24. The normalized spacial score (nSPS) is 12.5. The molecule has 0 atom stereocenters. The molecule has 1 aromatic rings. The Morgan fingerprint density at radius 1 is 1.38 bits per heavy atom. The highest BCUT2D eigenvalue weighted by Crippen LogP contribution is 2.16. The molecule has 5 N–H and O–H groups in total. The zero-order valence-corrected chi connectivity index (χ0v) is 13.8. The second kappa shape index (κ2) is 8.11. The number of hydrogen-bond donors (Lipinski definition) is 3. The highest BCUT2D eigenvalue weighted by atomic mass is 15.4. The molecular formula is C14H29N7. The SMILES string of the molecule is CCNC(=NCCCN(C)C)n1nc(C)c(C(N)N)c1C. The monoisotopic (exact) mass is 295 g/mol. The van der Waals surface area contributed by atoms with Gasteiger partial charge in [-0.15, -0.1) is 0 Å². The largest absolute Gasteiger partial charge is 0.355 e. The molecule has 0 saturated heterocycles. The Morgan fingerprint density at radius 3 is 2.52 bits per heavy atom. The van der Waals surface area contributed by atoms with Gasteiger partial charge in [0.25, 0.3) is 0 Å². The number of nitrogens with one attached hydrogen (secondary N) is 1. The van der Waals surface area contributed by atoms with Gasteiger partial charge >= 0.3 is 0 Å². The van der Waals surface area contributed by atoms with E-state index in [0.29, 0.717) is 0 Å². The number of nitrogens with zero attached hydrogens (tertiary/aromatic N) is 4. The van der Waals surface area contributed by atoms with Crippen molar-refractivity contribution in [1.82, 2.24) is 20.0 Å². The Morgan fingerprint density at radius 2 is 2.05 bits per heavy atom. The van der Waals surface area contributed by atoms with E-state index >= 15 is 0 Å². The van der Waals surface area contributed by atoms with Gasteiger partial charge in [0.05, 0.1) is 17.6 Å². The first-order valence-corrected chi connectivity index (χ1v) is 7.39. The Kier molecular flexibility index (Phi) is 6.80. The van der Waals surface area contributed by atoms with Crippen molar-refractivity contribution in [3.05, 3.63) is 17.0 Å². The number of aromatic nitrogens is 2. The summed E-state index contributed by atoms with van der Waals surface area (Å²) in [4.78, 5) is 6.78. The Bertz CT molecular complexity index is 474. The molecule has 21 heavy (non-hydrogen) atoms. The number of hydrogen-bond acceptors (Lipinski definition) is 5. The third kappa shape index (κ3) is 4.80. The molecule has 7 nitrogen and oxygen atoms in total. The standard InChI is InChI=1S/C14H29N7/c1-6-17-14(18-8-7-9-20(4)5)21-11(3)12(13(15)16)10(2)19-21/h13H,6-9,15-16H2,1-5H3,(H,17,18). The van der Waals surface area contributed by atoms with Crippen molar-refractivity contribution < 1.29 is 0 Å². The number of aryl methyl sites for hydroxylation is 1. The molecule has 0 fully saturated rings. The summed E-state index contributed by atoms with van der Waals surface area (Å²) in [6, 6.07) is 0. The molecule has 0 saturated carbocycles. The van der Waals surface area contributed by atoms with E-state index in [4.69, 9.17) is 11.5 Å². The highest BCUT2D eigenvalue weighted by molar-refractivity contribution is 5.82. The van der Waals surface area contributed by atoms with Gasteiger partial charge in [-0.1, -0.05) is 0 Å². The lowest BCUT2D eigenvalue weighted by atomic mass is 10.1. The van der Waals surface area contributed by atoms with E-state index in [1.165, 1.54) is 0 Å². The van der Waals surface area contributed by atoms with Crippen LogP contribution in [-0.2, 0) is 0 Å². The predicted molar refractivity (Wildman–Crippen MR) is 87.4 cm³/mol. The molecule has 0 bridgehead atoms. The predicted octanol–water partition coefficient (Wildman–Crippen LogP) is 0.181. The Hall–Kier alpha value is -1.44. The lowest BCUT2D eigenvalue weighted by molar-refractivity contribution is 0.403. The molecule has 1 rings (SSSR count). The van der Waals surface area contributed by atoms with Crippen LogP contribution in [0.4, 0.5) is 0 Å². The summed E-state index contributed by atoms with van der Waals surface area (Å²) >= 11 is 0. The average Bonchev–Trinajstić information content (AvgIpc) is 2.68. The molecule has 0 aliphatic rings.